The molecule has 4 heterocycles. The number of carbonyl (C=O) groups is 1. The second-order valence-corrected chi connectivity index (χ2v) is 7.32. The number of rotatable bonds is 5. The van der Waals surface area contributed by atoms with Gasteiger partial charge in [-0.25, -0.2) is 14.8 Å². The van der Waals surface area contributed by atoms with Crippen molar-refractivity contribution in [3.8, 4) is 0 Å². The Labute approximate surface area is 154 Å². The molecule has 0 spiro atoms. The van der Waals surface area contributed by atoms with Gasteiger partial charge in [-0.1, -0.05) is 0 Å². The van der Waals surface area contributed by atoms with Crippen molar-refractivity contribution in [2.75, 3.05) is 57.4 Å². The Morgan fingerprint density at radius 1 is 1.19 bits per heavy atom. The Hall–Kier alpha value is -1.93. The van der Waals surface area contributed by atoms with Crippen molar-refractivity contribution >= 4 is 11.9 Å². The van der Waals surface area contributed by atoms with Crippen molar-refractivity contribution in [1.82, 2.24) is 19.8 Å². The van der Waals surface area contributed by atoms with Gasteiger partial charge in [-0.3, -0.25) is 9.80 Å². The Kier molecular flexibility index (Phi) is 4.95. The molecule has 3 saturated heterocycles. The van der Waals surface area contributed by atoms with E-state index in [1.165, 1.54) is 0 Å². The highest BCUT2D eigenvalue weighted by molar-refractivity contribution is 5.71. The van der Waals surface area contributed by atoms with Crippen LogP contribution in [0, 0.1) is 13.8 Å². The summed E-state index contributed by atoms with van der Waals surface area (Å²) in [5, 5.41) is 0. The van der Waals surface area contributed by atoms with Crippen molar-refractivity contribution < 1.29 is 14.3 Å². The molecule has 0 unspecified atom stereocenters. The minimum atomic E-state index is -0.169. The van der Waals surface area contributed by atoms with Crippen LogP contribution in [-0.4, -0.2) is 90.5 Å². The van der Waals surface area contributed by atoms with Gasteiger partial charge in [0, 0.05) is 44.5 Å². The summed E-state index contributed by atoms with van der Waals surface area (Å²) >= 11 is 0. The Morgan fingerprint density at radius 3 is 2.81 bits per heavy atom. The zero-order chi connectivity index (χ0) is 18.1. The fourth-order valence-electron chi connectivity index (χ4n) is 4.06. The van der Waals surface area contributed by atoms with Gasteiger partial charge < -0.3 is 14.4 Å². The summed E-state index contributed by atoms with van der Waals surface area (Å²) in [6.07, 6.45) is 2.58. The van der Waals surface area contributed by atoms with Crippen LogP contribution in [0.5, 0.6) is 0 Å². The Morgan fingerprint density at radius 2 is 2.00 bits per heavy atom. The molecule has 8 heteroatoms. The molecular weight excluding hydrogens is 334 g/mol. The van der Waals surface area contributed by atoms with Crippen molar-refractivity contribution in [1.29, 1.82) is 0 Å². The molecule has 0 bridgehead atoms. The monoisotopic (exact) mass is 361 g/mol. The van der Waals surface area contributed by atoms with E-state index in [1.807, 2.05) is 24.9 Å². The van der Waals surface area contributed by atoms with Gasteiger partial charge in [0.05, 0.1) is 25.8 Å². The van der Waals surface area contributed by atoms with Crippen molar-refractivity contribution in [3.63, 3.8) is 0 Å². The van der Waals surface area contributed by atoms with E-state index in [1.54, 1.807) is 0 Å². The number of amides is 1. The van der Waals surface area contributed by atoms with E-state index in [9.17, 15) is 4.79 Å². The minimum absolute atomic E-state index is 0.0689. The molecule has 0 saturated carbocycles. The SMILES string of the molecule is Cc1ncc(C)c(N2C[C@@H]3OC(=O)N(CCCN4CCOCC4)[C@@H]3C2)n1. The van der Waals surface area contributed by atoms with Crippen molar-refractivity contribution in [2.24, 2.45) is 0 Å². The van der Waals surface area contributed by atoms with Gasteiger partial charge in [-0.2, -0.15) is 0 Å². The van der Waals surface area contributed by atoms with Crippen LogP contribution >= 0.6 is 0 Å². The highest BCUT2D eigenvalue weighted by Gasteiger charge is 2.47. The highest BCUT2D eigenvalue weighted by atomic mass is 16.6. The molecule has 26 heavy (non-hydrogen) atoms. The number of ether oxygens (including phenoxy) is 2. The second kappa shape index (κ2) is 7.36. The predicted octanol–water partition coefficient (Wildman–Crippen LogP) is 0.825. The third-order valence-electron chi connectivity index (χ3n) is 5.47. The van der Waals surface area contributed by atoms with Gasteiger partial charge >= 0.3 is 6.09 Å². The summed E-state index contributed by atoms with van der Waals surface area (Å²) in [6, 6.07) is 0.113. The molecule has 1 aromatic rings. The summed E-state index contributed by atoms with van der Waals surface area (Å²) in [6.45, 7) is 10.7. The molecule has 0 aliphatic carbocycles. The molecule has 3 fully saturated rings. The molecule has 8 nitrogen and oxygen atoms in total. The lowest BCUT2D eigenvalue weighted by molar-refractivity contribution is 0.0363. The Balaban J connectivity index is 1.36. The fourth-order valence-corrected chi connectivity index (χ4v) is 4.06. The van der Waals surface area contributed by atoms with E-state index in [2.05, 4.69) is 19.8 Å². The van der Waals surface area contributed by atoms with Crippen LogP contribution in [0.15, 0.2) is 6.20 Å². The van der Waals surface area contributed by atoms with E-state index in [-0.39, 0.29) is 18.2 Å². The first-order valence-electron chi connectivity index (χ1n) is 9.44. The molecule has 0 N–H and O–H groups in total. The van der Waals surface area contributed by atoms with E-state index >= 15 is 0 Å². The molecule has 4 rings (SSSR count). The number of nitrogens with zero attached hydrogens (tertiary/aromatic N) is 5. The number of anilines is 1. The maximum atomic E-state index is 12.3. The lowest BCUT2D eigenvalue weighted by atomic mass is 10.2. The first kappa shape index (κ1) is 17.5. The van der Waals surface area contributed by atoms with Crippen molar-refractivity contribution in [2.45, 2.75) is 32.4 Å². The topological polar surface area (TPSA) is 71.0 Å². The van der Waals surface area contributed by atoms with E-state index in [4.69, 9.17) is 9.47 Å². The molecule has 142 valence electrons. The zero-order valence-electron chi connectivity index (χ0n) is 15.6. The third kappa shape index (κ3) is 3.48. The summed E-state index contributed by atoms with van der Waals surface area (Å²) < 4.78 is 11.0. The summed E-state index contributed by atoms with van der Waals surface area (Å²) in [7, 11) is 0. The van der Waals surface area contributed by atoms with Crippen LogP contribution in [0.4, 0.5) is 10.6 Å². The van der Waals surface area contributed by atoms with E-state index in [0.29, 0.717) is 6.54 Å². The molecule has 3 aliphatic heterocycles. The van der Waals surface area contributed by atoms with E-state index < -0.39 is 0 Å². The second-order valence-electron chi connectivity index (χ2n) is 7.32. The van der Waals surface area contributed by atoms with Crippen LogP contribution in [-0.2, 0) is 9.47 Å². The maximum absolute atomic E-state index is 12.3. The number of hydrogen-bond donors (Lipinski definition) is 0. The predicted molar refractivity (Wildman–Crippen MR) is 96.4 cm³/mol. The summed E-state index contributed by atoms with van der Waals surface area (Å²) in [5.74, 6) is 1.72. The van der Waals surface area contributed by atoms with Gasteiger partial charge in [0.25, 0.3) is 0 Å². The van der Waals surface area contributed by atoms with E-state index in [0.717, 1.165) is 69.6 Å². The number of fused-ring (bicyclic) bond motifs is 1. The van der Waals surface area contributed by atoms with Crippen LogP contribution in [0.3, 0.4) is 0 Å². The number of aromatic nitrogens is 2. The average molecular weight is 361 g/mol. The number of hydrogen-bond acceptors (Lipinski definition) is 7. The molecule has 1 amide bonds. The normalized spacial score (nSPS) is 26.3. The molecular formula is C18H27N5O3. The summed E-state index contributed by atoms with van der Waals surface area (Å²) in [4.78, 5) is 27.6. The van der Waals surface area contributed by atoms with Crippen LogP contribution < -0.4 is 4.90 Å². The highest BCUT2D eigenvalue weighted by Crippen LogP contribution is 2.30. The molecule has 2 atom stereocenters. The summed E-state index contributed by atoms with van der Waals surface area (Å²) in [5.41, 5.74) is 1.06. The van der Waals surface area contributed by atoms with Gasteiger partial charge in [-0.15, -0.1) is 0 Å². The number of morpholine rings is 1. The first-order valence-corrected chi connectivity index (χ1v) is 9.44. The average Bonchev–Trinajstić information content (AvgIpc) is 3.16. The smallest absolute Gasteiger partial charge is 0.410 e. The maximum Gasteiger partial charge on any atom is 0.410 e. The molecule has 0 aromatic carbocycles. The molecule has 1 aromatic heterocycles. The lowest BCUT2D eigenvalue weighted by Crippen LogP contribution is -2.41. The van der Waals surface area contributed by atoms with Crippen molar-refractivity contribution in [3.05, 3.63) is 17.6 Å². The van der Waals surface area contributed by atoms with Crippen LogP contribution in [0.1, 0.15) is 17.8 Å². The van der Waals surface area contributed by atoms with Crippen LogP contribution in [0.25, 0.3) is 0 Å². The minimum Gasteiger partial charge on any atom is -0.442 e. The number of aryl methyl sites for hydroxylation is 2. The molecule has 3 aliphatic rings. The van der Waals surface area contributed by atoms with Gasteiger partial charge in [0.15, 0.2) is 0 Å². The fraction of sp³-hybridized carbons (Fsp3) is 0.722. The number of carbonyl (C=O) groups excluding carboxylic acids is 1. The zero-order valence-corrected chi connectivity index (χ0v) is 15.6. The third-order valence-corrected chi connectivity index (χ3v) is 5.47. The van der Waals surface area contributed by atoms with Gasteiger partial charge in [-0.05, 0) is 20.3 Å². The standard InChI is InChI=1S/C18H27N5O3/c1-13-10-19-14(2)20-17(13)22-11-15-16(12-22)26-18(24)23(15)5-3-4-21-6-8-25-9-7-21/h10,15-16H,3-9,11-12H2,1-2H3/t15-,16+/m1/s1. The Bertz CT molecular complexity index is 664. The largest absolute Gasteiger partial charge is 0.442 e. The lowest BCUT2D eigenvalue weighted by Gasteiger charge is -2.28. The quantitative estimate of drug-likeness (QED) is 0.769. The van der Waals surface area contributed by atoms with Crippen LogP contribution in [0.2, 0.25) is 0 Å². The first-order chi connectivity index (χ1) is 12.6. The van der Waals surface area contributed by atoms with Gasteiger partial charge in [0.1, 0.15) is 17.7 Å². The van der Waals surface area contributed by atoms with Gasteiger partial charge in [0.2, 0.25) is 0 Å². The molecule has 0 radical (unpaired) electrons.